The minimum atomic E-state index is -4.72. The Balaban J connectivity index is 2.67. The summed E-state index contributed by atoms with van der Waals surface area (Å²) in [5.41, 5.74) is 0.605. The fourth-order valence-electron chi connectivity index (χ4n) is 1.51. The second-order valence-electron chi connectivity index (χ2n) is 4.27. The van der Waals surface area contributed by atoms with E-state index >= 15 is 0 Å². The molecule has 0 amide bonds. The third-order valence-corrected chi connectivity index (χ3v) is 2.91. The van der Waals surface area contributed by atoms with Crippen LogP contribution in [0.15, 0.2) is 18.2 Å². The average Bonchev–Trinajstić information content (AvgIpc) is 2.41. The van der Waals surface area contributed by atoms with E-state index in [0.29, 0.717) is 25.3 Å². The van der Waals surface area contributed by atoms with E-state index in [2.05, 4.69) is 5.32 Å². The molecule has 0 bridgehead atoms. The summed E-state index contributed by atoms with van der Waals surface area (Å²) in [7, 11) is 1.56. The van der Waals surface area contributed by atoms with Gasteiger partial charge in [-0.2, -0.15) is 13.2 Å². The lowest BCUT2D eigenvalue weighted by atomic mass is 10.2. The molecule has 120 valence electrons. The molecule has 0 aliphatic heterocycles. The summed E-state index contributed by atoms with van der Waals surface area (Å²) < 4.78 is 46.7. The van der Waals surface area contributed by atoms with Gasteiger partial charge < -0.3 is 19.9 Å². The summed E-state index contributed by atoms with van der Waals surface area (Å²) in [6.45, 7) is 0.539. The van der Waals surface area contributed by atoms with Gasteiger partial charge in [0.25, 0.3) is 0 Å². The quantitative estimate of drug-likeness (QED) is 0.720. The SMILES string of the molecule is COCCNCc1cccc(Cl)c1OCC(O)C(F)(F)F. The van der Waals surface area contributed by atoms with Crippen molar-refractivity contribution in [3.8, 4) is 5.75 Å². The lowest BCUT2D eigenvalue weighted by Crippen LogP contribution is -2.34. The average molecular weight is 328 g/mol. The molecule has 1 rings (SSSR count). The second-order valence-corrected chi connectivity index (χ2v) is 4.67. The zero-order valence-electron chi connectivity index (χ0n) is 11.4. The first-order valence-corrected chi connectivity index (χ1v) is 6.58. The lowest BCUT2D eigenvalue weighted by Gasteiger charge is -2.18. The van der Waals surface area contributed by atoms with E-state index in [4.69, 9.17) is 26.2 Å². The number of hydrogen-bond donors (Lipinski definition) is 2. The van der Waals surface area contributed by atoms with Crippen molar-refractivity contribution < 1.29 is 27.8 Å². The summed E-state index contributed by atoms with van der Waals surface area (Å²) in [5.74, 6) is 0.132. The van der Waals surface area contributed by atoms with Crippen LogP contribution >= 0.6 is 11.6 Å². The fraction of sp³-hybridized carbons (Fsp3) is 0.538. The van der Waals surface area contributed by atoms with Gasteiger partial charge in [0.1, 0.15) is 12.4 Å². The van der Waals surface area contributed by atoms with Gasteiger partial charge in [-0.15, -0.1) is 0 Å². The third kappa shape index (κ3) is 6.09. The van der Waals surface area contributed by atoms with Gasteiger partial charge in [0.05, 0.1) is 11.6 Å². The maximum Gasteiger partial charge on any atom is 0.417 e. The second kappa shape index (κ2) is 8.43. The Hall–Kier alpha value is -1.02. The van der Waals surface area contributed by atoms with E-state index in [1.165, 1.54) is 6.07 Å². The van der Waals surface area contributed by atoms with Crippen LogP contribution in [0.2, 0.25) is 5.02 Å². The number of rotatable bonds is 8. The molecule has 0 fully saturated rings. The van der Waals surface area contributed by atoms with Crippen molar-refractivity contribution in [2.45, 2.75) is 18.8 Å². The van der Waals surface area contributed by atoms with E-state index in [1.54, 1.807) is 19.2 Å². The predicted molar refractivity (Wildman–Crippen MR) is 72.6 cm³/mol. The largest absolute Gasteiger partial charge is 0.489 e. The summed E-state index contributed by atoms with van der Waals surface area (Å²) in [6, 6.07) is 4.86. The number of aliphatic hydroxyl groups excluding tert-OH is 1. The molecule has 1 aromatic rings. The molecule has 0 aliphatic rings. The van der Waals surface area contributed by atoms with Crippen molar-refractivity contribution in [1.29, 1.82) is 0 Å². The Morgan fingerprint density at radius 1 is 1.38 bits per heavy atom. The highest BCUT2D eigenvalue weighted by molar-refractivity contribution is 6.32. The zero-order valence-corrected chi connectivity index (χ0v) is 12.2. The molecule has 0 saturated heterocycles. The Bertz CT molecular complexity index is 443. The molecule has 4 nitrogen and oxygen atoms in total. The number of hydrogen-bond acceptors (Lipinski definition) is 4. The molecule has 0 heterocycles. The number of benzene rings is 1. The van der Waals surface area contributed by atoms with Gasteiger partial charge >= 0.3 is 6.18 Å². The van der Waals surface area contributed by atoms with Gasteiger partial charge in [-0.1, -0.05) is 23.7 Å². The number of ether oxygens (including phenoxy) is 2. The first-order valence-electron chi connectivity index (χ1n) is 6.21. The van der Waals surface area contributed by atoms with Crippen molar-refractivity contribution >= 4 is 11.6 Å². The highest BCUT2D eigenvalue weighted by Crippen LogP contribution is 2.30. The Kier molecular flexibility index (Phi) is 7.24. The minimum absolute atomic E-state index is 0.132. The summed E-state index contributed by atoms with van der Waals surface area (Å²) in [4.78, 5) is 0. The first-order chi connectivity index (χ1) is 9.86. The van der Waals surface area contributed by atoms with E-state index in [-0.39, 0.29) is 10.8 Å². The van der Waals surface area contributed by atoms with Crippen molar-refractivity contribution in [1.82, 2.24) is 5.32 Å². The lowest BCUT2D eigenvalue weighted by molar-refractivity contribution is -0.210. The van der Waals surface area contributed by atoms with Crippen LogP contribution in [0.1, 0.15) is 5.56 Å². The Labute approximate surface area is 125 Å². The molecule has 0 saturated carbocycles. The van der Waals surface area contributed by atoms with Gasteiger partial charge in [0.2, 0.25) is 0 Å². The van der Waals surface area contributed by atoms with Gasteiger partial charge in [-0.25, -0.2) is 0 Å². The van der Waals surface area contributed by atoms with Crippen LogP contribution < -0.4 is 10.1 Å². The van der Waals surface area contributed by atoms with Crippen molar-refractivity contribution in [2.24, 2.45) is 0 Å². The van der Waals surface area contributed by atoms with Gasteiger partial charge in [0, 0.05) is 25.8 Å². The van der Waals surface area contributed by atoms with Crippen molar-refractivity contribution in [2.75, 3.05) is 26.9 Å². The van der Waals surface area contributed by atoms with E-state index in [0.717, 1.165) is 0 Å². The number of nitrogens with one attached hydrogen (secondary N) is 1. The summed E-state index contributed by atoms with van der Waals surface area (Å²) >= 11 is 5.93. The standard InChI is InChI=1S/C13H17ClF3NO3/c1-20-6-5-18-7-9-3-2-4-10(14)12(9)21-8-11(19)13(15,16)17/h2-4,11,18-19H,5-8H2,1H3. The van der Waals surface area contributed by atoms with Crippen molar-refractivity contribution in [3.05, 3.63) is 28.8 Å². The fourth-order valence-corrected chi connectivity index (χ4v) is 1.76. The van der Waals surface area contributed by atoms with Crippen LogP contribution in [0.4, 0.5) is 13.2 Å². The molecule has 1 unspecified atom stereocenters. The van der Waals surface area contributed by atoms with E-state index < -0.39 is 18.9 Å². The number of halogens is 4. The Morgan fingerprint density at radius 2 is 2.10 bits per heavy atom. The molecule has 0 radical (unpaired) electrons. The van der Waals surface area contributed by atoms with Crippen LogP contribution in [0.5, 0.6) is 5.75 Å². The van der Waals surface area contributed by atoms with Gasteiger partial charge in [0.15, 0.2) is 6.10 Å². The van der Waals surface area contributed by atoms with Gasteiger partial charge in [-0.05, 0) is 6.07 Å². The van der Waals surface area contributed by atoms with Crippen LogP contribution in [0, 0.1) is 0 Å². The molecule has 1 atom stereocenters. The normalized spacial score (nSPS) is 13.2. The minimum Gasteiger partial charge on any atom is -0.489 e. The number of aliphatic hydroxyl groups is 1. The molecule has 8 heteroatoms. The highest BCUT2D eigenvalue weighted by atomic mass is 35.5. The van der Waals surface area contributed by atoms with Crippen LogP contribution in [-0.4, -0.2) is 44.3 Å². The molecule has 0 aromatic heterocycles. The zero-order chi connectivity index (χ0) is 15.9. The molecule has 0 spiro atoms. The smallest absolute Gasteiger partial charge is 0.417 e. The van der Waals surface area contributed by atoms with E-state index in [9.17, 15) is 13.2 Å². The molecule has 21 heavy (non-hydrogen) atoms. The molecular weight excluding hydrogens is 311 g/mol. The topological polar surface area (TPSA) is 50.7 Å². The molecular formula is C13H17ClF3NO3. The third-order valence-electron chi connectivity index (χ3n) is 2.61. The predicted octanol–water partition coefficient (Wildman–Crippen LogP) is 2.38. The van der Waals surface area contributed by atoms with E-state index in [1.807, 2.05) is 0 Å². The maximum absolute atomic E-state index is 12.3. The highest BCUT2D eigenvalue weighted by Gasteiger charge is 2.38. The first kappa shape index (κ1) is 18.0. The van der Waals surface area contributed by atoms with Crippen LogP contribution in [-0.2, 0) is 11.3 Å². The molecule has 1 aromatic carbocycles. The van der Waals surface area contributed by atoms with Crippen molar-refractivity contribution in [3.63, 3.8) is 0 Å². The summed E-state index contributed by atoms with van der Waals surface area (Å²) in [6.07, 6.45) is -7.28. The maximum atomic E-state index is 12.3. The van der Waals surface area contributed by atoms with Crippen LogP contribution in [0.3, 0.4) is 0 Å². The number of para-hydroxylation sites is 1. The molecule has 2 N–H and O–H groups in total. The molecule has 0 aliphatic carbocycles. The summed E-state index contributed by atoms with van der Waals surface area (Å²) in [5, 5.41) is 12.2. The Morgan fingerprint density at radius 3 is 2.71 bits per heavy atom. The number of methoxy groups -OCH3 is 1. The monoisotopic (exact) mass is 327 g/mol. The number of alkyl halides is 3. The van der Waals surface area contributed by atoms with Crippen LogP contribution in [0.25, 0.3) is 0 Å². The van der Waals surface area contributed by atoms with Gasteiger partial charge in [-0.3, -0.25) is 0 Å².